The van der Waals surface area contributed by atoms with Crippen LogP contribution in [0, 0.1) is 11.6 Å². The summed E-state index contributed by atoms with van der Waals surface area (Å²) in [6.07, 6.45) is 0.546. The van der Waals surface area contributed by atoms with E-state index in [9.17, 15) is 13.6 Å². The van der Waals surface area contributed by atoms with Crippen molar-refractivity contribution in [1.82, 2.24) is 4.90 Å². The van der Waals surface area contributed by atoms with Crippen molar-refractivity contribution in [3.63, 3.8) is 0 Å². The monoisotopic (exact) mass is 304 g/mol. The van der Waals surface area contributed by atoms with Gasteiger partial charge in [0.15, 0.2) is 0 Å². The second-order valence-corrected chi connectivity index (χ2v) is 4.91. The van der Waals surface area contributed by atoms with E-state index in [2.05, 4.69) is 21.2 Å². The maximum absolute atomic E-state index is 13.5. The smallest absolute Gasteiger partial charge is 0.244 e. The van der Waals surface area contributed by atoms with Crippen LogP contribution in [0.4, 0.5) is 14.5 Å². The van der Waals surface area contributed by atoms with E-state index in [4.69, 9.17) is 0 Å². The summed E-state index contributed by atoms with van der Waals surface area (Å²) in [5.41, 5.74) is -0.248. The maximum atomic E-state index is 13.5. The molecule has 0 bridgehead atoms. The second kappa shape index (κ2) is 4.60. The molecule has 1 aromatic carbocycles. The average Bonchev–Trinajstić information content (AvgIpc) is 2.54. The minimum absolute atomic E-state index is 0.147. The van der Waals surface area contributed by atoms with Crippen molar-refractivity contribution >= 4 is 27.5 Å². The van der Waals surface area contributed by atoms with E-state index in [0.29, 0.717) is 17.4 Å². The lowest BCUT2D eigenvalue weighted by Crippen LogP contribution is -2.31. The molecule has 1 fully saturated rings. The second-order valence-electron chi connectivity index (χ2n) is 3.99. The zero-order valence-corrected chi connectivity index (χ0v) is 10.7. The summed E-state index contributed by atoms with van der Waals surface area (Å²) in [5.74, 6) is -1.56. The van der Waals surface area contributed by atoms with Gasteiger partial charge in [-0.15, -0.1) is 0 Å². The molecule has 1 unspecified atom stereocenters. The summed E-state index contributed by atoms with van der Waals surface area (Å²) in [6.45, 7) is 0.594. The molecule has 1 aromatic rings. The molecule has 1 aliphatic heterocycles. The molecule has 0 saturated carbocycles. The van der Waals surface area contributed by atoms with E-state index >= 15 is 0 Å². The molecule has 1 N–H and O–H groups in total. The van der Waals surface area contributed by atoms with Crippen molar-refractivity contribution in [2.75, 3.05) is 18.9 Å². The molecular formula is C11H11BrF2N2O. The van der Waals surface area contributed by atoms with Crippen molar-refractivity contribution < 1.29 is 13.6 Å². The molecule has 3 nitrogen and oxygen atoms in total. The lowest BCUT2D eigenvalue weighted by Gasteiger charge is -2.14. The first-order chi connectivity index (χ1) is 7.99. The topological polar surface area (TPSA) is 32.3 Å². The highest BCUT2D eigenvalue weighted by Gasteiger charge is 2.30. The fourth-order valence-electron chi connectivity index (χ4n) is 1.81. The molecule has 1 aliphatic rings. The number of halogens is 3. The Hall–Kier alpha value is -1.17. The van der Waals surface area contributed by atoms with Crippen molar-refractivity contribution in [2.24, 2.45) is 0 Å². The Labute approximate surface area is 106 Å². The highest BCUT2D eigenvalue weighted by molar-refractivity contribution is 9.10. The molecule has 1 atom stereocenters. The number of likely N-dealkylation sites (tertiary alicyclic amines) is 1. The Morgan fingerprint density at radius 2 is 2.00 bits per heavy atom. The Balaban J connectivity index is 2.22. The van der Waals surface area contributed by atoms with Crippen LogP contribution in [0.1, 0.15) is 6.42 Å². The van der Waals surface area contributed by atoms with Crippen molar-refractivity contribution in [2.45, 2.75) is 12.5 Å². The summed E-state index contributed by atoms with van der Waals surface area (Å²) < 4.78 is 27.4. The number of anilines is 1. The van der Waals surface area contributed by atoms with Crippen LogP contribution in [-0.2, 0) is 4.79 Å². The van der Waals surface area contributed by atoms with Gasteiger partial charge in [-0.25, -0.2) is 8.78 Å². The average molecular weight is 305 g/mol. The first kappa shape index (κ1) is 12.3. The quantitative estimate of drug-likeness (QED) is 0.910. The lowest BCUT2D eigenvalue weighted by molar-refractivity contribution is -0.127. The van der Waals surface area contributed by atoms with E-state index < -0.39 is 17.7 Å². The molecule has 0 aromatic heterocycles. The predicted molar refractivity (Wildman–Crippen MR) is 63.7 cm³/mol. The van der Waals surface area contributed by atoms with Gasteiger partial charge in [-0.3, -0.25) is 4.79 Å². The summed E-state index contributed by atoms with van der Waals surface area (Å²) in [4.78, 5) is 13.1. The van der Waals surface area contributed by atoms with E-state index in [1.165, 1.54) is 4.90 Å². The van der Waals surface area contributed by atoms with Crippen LogP contribution in [0.15, 0.2) is 16.6 Å². The van der Waals surface area contributed by atoms with Crippen LogP contribution in [-0.4, -0.2) is 30.4 Å². The molecule has 92 valence electrons. The van der Waals surface area contributed by atoms with Gasteiger partial charge in [0.05, 0.1) is 0 Å². The number of carbonyl (C=O) groups excluding carboxylic acids is 1. The molecule has 1 heterocycles. The van der Waals surface area contributed by atoms with E-state index in [-0.39, 0.29) is 11.6 Å². The molecule has 0 aliphatic carbocycles. The molecule has 0 spiro atoms. The Bertz CT molecular complexity index is 444. The molecule has 17 heavy (non-hydrogen) atoms. The van der Waals surface area contributed by atoms with Gasteiger partial charge < -0.3 is 10.2 Å². The first-order valence-corrected chi connectivity index (χ1v) is 5.94. The summed E-state index contributed by atoms with van der Waals surface area (Å²) in [7, 11) is 1.66. The highest BCUT2D eigenvalue weighted by Crippen LogP contribution is 2.26. The number of rotatable bonds is 2. The number of amides is 1. The zero-order valence-electron chi connectivity index (χ0n) is 9.14. The fourth-order valence-corrected chi connectivity index (χ4v) is 2.21. The van der Waals surface area contributed by atoms with Crippen LogP contribution < -0.4 is 5.32 Å². The Morgan fingerprint density at radius 1 is 1.41 bits per heavy atom. The Morgan fingerprint density at radius 3 is 2.47 bits per heavy atom. The summed E-state index contributed by atoms with van der Waals surface area (Å²) >= 11 is 3.00. The number of nitrogens with zero attached hydrogens (tertiary/aromatic N) is 1. The van der Waals surface area contributed by atoms with Gasteiger partial charge in [-0.1, -0.05) is 15.9 Å². The SMILES string of the molecule is CN1CCC(Nc2c(F)cc(Br)cc2F)C1=O. The molecule has 0 radical (unpaired) electrons. The largest absolute Gasteiger partial charge is 0.369 e. The molecule has 1 saturated heterocycles. The van der Waals surface area contributed by atoms with Crippen LogP contribution in [0.2, 0.25) is 0 Å². The van der Waals surface area contributed by atoms with Gasteiger partial charge in [0.25, 0.3) is 0 Å². The minimum Gasteiger partial charge on any atom is -0.369 e. The number of likely N-dealkylation sites (N-methyl/N-ethyl adjacent to an activating group) is 1. The van der Waals surface area contributed by atoms with Gasteiger partial charge in [-0.2, -0.15) is 0 Å². The van der Waals surface area contributed by atoms with Crippen molar-refractivity contribution in [1.29, 1.82) is 0 Å². The molecule has 1 amide bonds. The zero-order chi connectivity index (χ0) is 12.6. The first-order valence-electron chi connectivity index (χ1n) is 5.15. The van der Waals surface area contributed by atoms with Gasteiger partial charge >= 0.3 is 0 Å². The van der Waals surface area contributed by atoms with Crippen LogP contribution in [0.5, 0.6) is 0 Å². The highest BCUT2D eigenvalue weighted by atomic mass is 79.9. The number of nitrogens with one attached hydrogen (secondary N) is 1. The third-order valence-corrected chi connectivity index (χ3v) is 3.21. The number of hydrogen-bond acceptors (Lipinski definition) is 2. The van der Waals surface area contributed by atoms with Gasteiger partial charge in [0.1, 0.15) is 23.4 Å². The Kier molecular flexibility index (Phi) is 3.33. The van der Waals surface area contributed by atoms with Crippen molar-refractivity contribution in [3.8, 4) is 0 Å². The van der Waals surface area contributed by atoms with E-state index in [0.717, 1.165) is 12.1 Å². The van der Waals surface area contributed by atoms with Crippen molar-refractivity contribution in [3.05, 3.63) is 28.2 Å². The number of benzene rings is 1. The maximum Gasteiger partial charge on any atom is 0.244 e. The van der Waals surface area contributed by atoms with E-state index in [1.807, 2.05) is 0 Å². The molecular weight excluding hydrogens is 294 g/mol. The standard InChI is InChI=1S/C11H11BrF2N2O/c1-16-3-2-9(11(16)17)15-10-7(13)4-6(12)5-8(10)14/h4-5,9,15H,2-3H2,1H3. The summed E-state index contributed by atoms with van der Waals surface area (Å²) in [6, 6.07) is 1.77. The molecule has 6 heteroatoms. The minimum atomic E-state index is -0.709. The number of carbonyl (C=O) groups is 1. The van der Waals surface area contributed by atoms with Gasteiger partial charge in [0.2, 0.25) is 5.91 Å². The van der Waals surface area contributed by atoms with E-state index in [1.54, 1.807) is 7.05 Å². The third kappa shape index (κ3) is 2.41. The predicted octanol–water partition coefficient (Wildman–Crippen LogP) is 2.37. The number of hydrogen-bond donors (Lipinski definition) is 1. The van der Waals surface area contributed by atoms with Crippen LogP contribution in [0.25, 0.3) is 0 Å². The van der Waals surface area contributed by atoms with Gasteiger partial charge in [-0.05, 0) is 18.6 Å². The lowest BCUT2D eigenvalue weighted by atomic mass is 10.2. The normalized spacial score (nSPS) is 19.9. The molecule has 2 rings (SSSR count). The van der Waals surface area contributed by atoms with Gasteiger partial charge in [0, 0.05) is 18.1 Å². The van der Waals surface area contributed by atoms with Crippen LogP contribution >= 0.6 is 15.9 Å². The fraction of sp³-hybridized carbons (Fsp3) is 0.364. The summed E-state index contributed by atoms with van der Waals surface area (Å²) in [5, 5.41) is 2.62. The van der Waals surface area contributed by atoms with Crippen LogP contribution in [0.3, 0.4) is 0 Å². The third-order valence-electron chi connectivity index (χ3n) is 2.75.